The molecule has 0 unspecified atom stereocenters. The SMILES string of the molecule is COc1ccc(-c2nnc(SCC(=O)Nc3ccc(Cl)cc3)s2)cc1. The summed E-state index contributed by atoms with van der Waals surface area (Å²) in [7, 11) is 1.63. The number of hydrogen-bond donors (Lipinski definition) is 1. The number of nitrogens with zero attached hydrogens (tertiary/aromatic N) is 2. The average molecular weight is 392 g/mol. The van der Waals surface area contributed by atoms with Crippen LogP contribution >= 0.6 is 34.7 Å². The van der Waals surface area contributed by atoms with Gasteiger partial charge in [-0.3, -0.25) is 4.79 Å². The first-order valence-electron chi connectivity index (χ1n) is 7.30. The van der Waals surface area contributed by atoms with Crippen LogP contribution in [0.1, 0.15) is 0 Å². The molecule has 3 rings (SSSR count). The van der Waals surface area contributed by atoms with Gasteiger partial charge in [0, 0.05) is 16.3 Å². The molecule has 0 aliphatic carbocycles. The summed E-state index contributed by atoms with van der Waals surface area (Å²) in [6.07, 6.45) is 0. The smallest absolute Gasteiger partial charge is 0.234 e. The fraction of sp³-hybridized carbons (Fsp3) is 0.118. The van der Waals surface area contributed by atoms with Crippen molar-refractivity contribution in [1.82, 2.24) is 10.2 Å². The predicted octanol–water partition coefficient (Wildman–Crippen LogP) is 4.60. The van der Waals surface area contributed by atoms with Crippen molar-refractivity contribution in [2.45, 2.75) is 4.34 Å². The van der Waals surface area contributed by atoms with Gasteiger partial charge in [0.1, 0.15) is 10.8 Å². The number of anilines is 1. The van der Waals surface area contributed by atoms with Crippen molar-refractivity contribution in [3.05, 3.63) is 53.6 Å². The minimum absolute atomic E-state index is 0.103. The van der Waals surface area contributed by atoms with Gasteiger partial charge >= 0.3 is 0 Å². The average Bonchev–Trinajstić information content (AvgIpc) is 3.11. The molecule has 1 amide bonds. The Morgan fingerprint density at radius 2 is 1.88 bits per heavy atom. The molecule has 1 N–H and O–H groups in total. The lowest BCUT2D eigenvalue weighted by molar-refractivity contribution is -0.113. The van der Waals surface area contributed by atoms with E-state index >= 15 is 0 Å². The molecule has 0 saturated carbocycles. The zero-order chi connectivity index (χ0) is 17.6. The Morgan fingerprint density at radius 3 is 2.56 bits per heavy atom. The molecule has 0 radical (unpaired) electrons. The normalized spacial score (nSPS) is 10.5. The van der Waals surface area contributed by atoms with E-state index in [2.05, 4.69) is 15.5 Å². The highest BCUT2D eigenvalue weighted by atomic mass is 35.5. The molecule has 128 valence electrons. The highest BCUT2D eigenvalue weighted by Gasteiger charge is 2.10. The lowest BCUT2D eigenvalue weighted by atomic mass is 10.2. The van der Waals surface area contributed by atoms with E-state index in [4.69, 9.17) is 16.3 Å². The number of aromatic nitrogens is 2. The van der Waals surface area contributed by atoms with Crippen LogP contribution < -0.4 is 10.1 Å². The van der Waals surface area contributed by atoms with Crippen LogP contribution in [-0.2, 0) is 4.79 Å². The van der Waals surface area contributed by atoms with E-state index < -0.39 is 0 Å². The van der Waals surface area contributed by atoms with Crippen molar-refractivity contribution >= 4 is 46.3 Å². The maximum Gasteiger partial charge on any atom is 0.234 e. The van der Waals surface area contributed by atoms with Crippen molar-refractivity contribution in [2.24, 2.45) is 0 Å². The van der Waals surface area contributed by atoms with E-state index in [0.29, 0.717) is 10.7 Å². The second-order valence-electron chi connectivity index (χ2n) is 4.95. The van der Waals surface area contributed by atoms with Crippen LogP contribution in [0.4, 0.5) is 5.69 Å². The van der Waals surface area contributed by atoms with E-state index in [1.54, 1.807) is 31.4 Å². The Bertz CT molecular complexity index is 851. The summed E-state index contributed by atoms with van der Waals surface area (Å²) in [5.74, 6) is 0.954. The minimum Gasteiger partial charge on any atom is -0.497 e. The Labute approximate surface area is 158 Å². The van der Waals surface area contributed by atoms with Crippen molar-refractivity contribution in [2.75, 3.05) is 18.2 Å². The van der Waals surface area contributed by atoms with Crippen molar-refractivity contribution in [3.63, 3.8) is 0 Å². The van der Waals surface area contributed by atoms with E-state index in [0.717, 1.165) is 20.7 Å². The topological polar surface area (TPSA) is 64.1 Å². The van der Waals surface area contributed by atoms with Crippen LogP contribution in [0.25, 0.3) is 10.6 Å². The van der Waals surface area contributed by atoms with Crippen LogP contribution in [0.15, 0.2) is 52.9 Å². The monoisotopic (exact) mass is 391 g/mol. The quantitative estimate of drug-likeness (QED) is 0.622. The molecule has 0 saturated heterocycles. The van der Waals surface area contributed by atoms with Crippen LogP contribution in [0.5, 0.6) is 5.75 Å². The highest BCUT2D eigenvalue weighted by molar-refractivity contribution is 8.01. The summed E-state index contributed by atoms with van der Waals surface area (Å²) >= 11 is 8.63. The summed E-state index contributed by atoms with van der Waals surface area (Å²) in [6, 6.07) is 14.6. The molecule has 0 aliphatic rings. The number of thioether (sulfide) groups is 1. The maximum absolute atomic E-state index is 12.0. The van der Waals surface area contributed by atoms with Gasteiger partial charge in [0.25, 0.3) is 0 Å². The van der Waals surface area contributed by atoms with Gasteiger partial charge in [-0.15, -0.1) is 10.2 Å². The van der Waals surface area contributed by atoms with E-state index in [1.165, 1.54) is 23.1 Å². The molecule has 0 atom stereocenters. The van der Waals surface area contributed by atoms with Crippen LogP contribution in [0.3, 0.4) is 0 Å². The number of ether oxygens (including phenoxy) is 1. The predicted molar refractivity (Wildman–Crippen MR) is 103 cm³/mol. The van der Waals surface area contributed by atoms with Gasteiger partial charge < -0.3 is 10.1 Å². The number of rotatable bonds is 6. The van der Waals surface area contributed by atoms with Gasteiger partial charge in [-0.25, -0.2) is 0 Å². The van der Waals surface area contributed by atoms with Crippen molar-refractivity contribution < 1.29 is 9.53 Å². The van der Waals surface area contributed by atoms with Crippen LogP contribution in [0.2, 0.25) is 5.02 Å². The summed E-state index contributed by atoms with van der Waals surface area (Å²) in [5.41, 5.74) is 1.68. The number of amides is 1. The van der Waals surface area contributed by atoms with Gasteiger partial charge in [-0.1, -0.05) is 34.7 Å². The lowest BCUT2D eigenvalue weighted by Crippen LogP contribution is -2.13. The molecule has 0 fully saturated rings. The van der Waals surface area contributed by atoms with Gasteiger partial charge in [0.15, 0.2) is 4.34 Å². The Hall–Kier alpha value is -2.09. The van der Waals surface area contributed by atoms with Gasteiger partial charge in [0.05, 0.1) is 12.9 Å². The summed E-state index contributed by atoms with van der Waals surface area (Å²) in [5, 5.41) is 12.6. The van der Waals surface area contributed by atoms with Crippen molar-refractivity contribution in [3.8, 4) is 16.3 Å². The largest absolute Gasteiger partial charge is 0.497 e. The third-order valence-corrected chi connectivity index (χ3v) is 5.56. The molecule has 0 aliphatic heterocycles. The third kappa shape index (κ3) is 4.94. The maximum atomic E-state index is 12.0. The number of halogens is 1. The zero-order valence-electron chi connectivity index (χ0n) is 13.2. The molecule has 0 bridgehead atoms. The molecule has 1 heterocycles. The fourth-order valence-corrected chi connectivity index (χ4v) is 3.76. The van der Waals surface area contributed by atoms with Gasteiger partial charge in [-0.05, 0) is 48.5 Å². The zero-order valence-corrected chi connectivity index (χ0v) is 15.6. The molecular formula is C17H14ClN3O2S2. The first-order valence-corrected chi connectivity index (χ1v) is 9.48. The second-order valence-corrected chi connectivity index (χ2v) is 7.58. The van der Waals surface area contributed by atoms with Crippen LogP contribution in [0, 0.1) is 0 Å². The second kappa shape index (κ2) is 8.33. The minimum atomic E-state index is -0.103. The standard InChI is InChI=1S/C17H14ClN3O2S2/c1-23-14-8-2-11(3-9-14)16-20-21-17(25-16)24-10-15(22)19-13-6-4-12(18)5-7-13/h2-9H,10H2,1H3,(H,19,22). The molecule has 5 nitrogen and oxygen atoms in total. The molecule has 1 aromatic heterocycles. The van der Waals surface area contributed by atoms with E-state index in [9.17, 15) is 4.79 Å². The number of benzene rings is 2. The Morgan fingerprint density at radius 1 is 1.16 bits per heavy atom. The van der Waals surface area contributed by atoms with Crippen molar-refractivity contribution in [1.29, 1.82) is 0 Å². The molecule has 8 heteroatoms. The summed E-state index contributed by atoms with van der Waals surface area (Å²) in [6.45, 7) is 0. The fourth-order valence-electron chi connectivity index (χ4n) is 1.98. The van der Waals surface area contributed by atoms with Gasteiger partial charge in [-0.2, -0.15) is 0 Å². The van der Waals surface area contributed by atoms with Crippen LogP contribution in [-0.4, -0.2) is 29.0 Å². The number of carbonyl (C=O) groups excluding carboxylic acids is 1. The first-order chi connectivity index (χ1) is 12.1. The highest BCUT2D eigenvalue weighted by Crippen LogP contribution is 2.30. The molecule has 25 heavy (non-hydrogen) atoms. The molecule has 3 aromatic rings. The molecule has 2 aromatic carbocycles. The van der Waals surface area contributed by atoms with Gasteiger partial charge in [0.2, 0.25) is 5.91 Å². The Balaban J connectivity index is 1.55. The lowest BCUT2D eigenvalue weighted by Gasteiger charge is -2.03. The number of methoxy groups -OCH3 is 1. The molecular weight excluding hydrogens is 378 g/mol. The summed E-state index contributed by atoms with van der Waals surface area (Å²) < 4.78 is 5.89. The first kappa shape index (κ1) is 17.7. The third-order valence-electron chi connectivity index (χ3n) is 3.20. The molecule has 0 spiro atoms. The Kier molecular flexibility index (Phi) is 5.91. The number of hydrogen-bond acceptors (Lipinski definition) is 6. The summed E-state index contributed by atoms with van der Waals surface area (Å²) in [4.78, 5) is 12.0. The van der Waals surface area contributed by atoms with E-state index in [1.807, 2.05) is 24.3 Å². The number of nitrogens with one attached hydrogen (secondary N) is 1. The number of carbonyl (C=O) groups is 1. The van der Waals surface area contributed by atoms with E-state index in [-0.39, 0.29) is 11.7 Å².